The second kappa shape index (κ2) is 8.51. The number of aliphatic hydroxyl groups excluding tert-OH is 2. The first kappa shape index (κ1) is 23.1. The minimum absolute atomic E-state index is 0.0372. The molecule has 3 fully saturated rings. The molecule has 1 aromatic carbocycles. The van der Waals surface area contributed by atoms with E-state index in [9.17, 15) is 28.6 Å². The molecule has 0 radical (unpaired) electrons. The smallest absolute Gasteiger partial charge is 0.274 e. The summed E-state index contributed by atoms with van der Waals surface area (Å²) in [5.41, 5.74) is -0.843. The molecule has 3 saturated heterocycles. The van der Waals surface area contributed by atoms with Crippen LogP contribution in [0.4, 0.5) is 8.78 Å². The normalized spacial score (nSPS) is 28.7. The van der Waals surface area contributed by atoms with Gasteiger partial charge in [0.15, 0.2) is 5.76 Å². The first-order chi connectivity index (χ1) is 16.3. The van der Waals surface area contributed by atoms with Gasteiger partial charge in [0, 0.05) is 31.5 Å². The number of carbonyl (C=O) groups is 2. The maximum atomic E-state index is 14.2. The molecule has 1 spiro atoms. The van der Waals surface area contributed by atoms with E-state index in [1.807, 2.05) is 0 Å². The summed E-state index contributed by atoms with van der Waals surface area (Å²) in [5, 5.41) is 23.3. The molecule has 5 rings (SSSR count). The molecule has 1 aromatic rings. The Labute approximate surface area is 199 Å². The van der Waals surface area contributed by atoms with Crippen LogP contribution in [0, 0.1) is 11.6 Å². The van der Waals surface area contributed by atoms with Crippen LogP contribution in [0.5, 0.6) is 0 Å². The number of amides is 2. The number of hydrogen-bond donors (Lipinski definition) is 3. The second-order valence-electron chi connectivity index (χ2n) is 9.02. The molecule has 4 aliphatic heterocycles. The zero-order valence-electron chi connectivity index (χ0n) is 18.2. The molecule has 3 atom stereocenters. The van der Waals surface area contributed by atoms with E-state index in [2.05, 4.69) is 5.32 Å². The number of ether oxygens (including phenoxy) is 1. The van der Waals surface area contributed by atoms with Crippen LogP contribution in [-0.2, 0) is 20.9 Å². The third kappa shape index (κ3) is 3.38. The Bertz CT molecular complexity index is 1120. The van der Waals surface area contributed by atoms with Gasteiger partial charge in [0.05, 0.1) is 23.8 Å². The Morgan fingerprint density at radius 1 is 1.32 bits per heavy atom. The fourth-order valence-electron chi connectivity index (χ4n) is 5.52. The minimum atomic E-state index is -1.73. The number of piperazine rings is 1. The standard InChI is InChI=1S/C23H24ClF2N3O5/c24-16-14(25)4-3-12(17(16)26)9-27-21(32)13-10-28-15-5-8-34-11-23(15)6-1-2-7-29(23)22(33)18(28)20(31)19(13)30/h3-4,10,15,19,30-31H,1-2,5-9,11H2,(H,27,32)/t15-,19?,23+/m0/s1. The van der Waals surface area contributed by atoms with E-state index in [1.165, 1.54) is 6.20 Å². The molecule has 4 aliphatic rings. The van der Waals surface area contributed by atoms with Gasteiger partial charge in [-0.2, -0.15) is 0 Å². The molecule has 1 unspecified atom stereocenters. The zero-order chi connectivity index (χ0) is 24.2. The van der Waals surface area contributed by atoms with Crippen molar-refractivity contribution in [3.63, 3.8) is 0 Å². The Morgan fingerprint density at radius 3 is 2.91 bits per heavy atom. The maximum Gasteiger partial charge on any atom is 0.274 e. The van der Waals surface area contributed by atoms with Crippen LogP contribution in [0.3, 0.4) is 0 Å². The first-order valence-electron chi connectivity index (χ1n) is 11.2. The summed E-state index contributed by atoms with van der Waals surface area (Å²) in [6, 6.07) is 1.91. The van der Waals surface area contributed by atoms with Crippen molar-refractivity contribution >= 4 is 23.4 Å². The lowest BCUT2D eigenvalue weighted by molar-refractivity contribution is -0.166. The summed E-state index contributed by atoms with van der Waals surface area (Å²) < 4.78 is 33.4. The molecule has 4 heterocycles. The topological polar surface area (TPSA) is 102 Å². The summed E-state index contributed by atoms with van der Waals surface area (Å²) in [7, 11) is 0. The van der Waals surface area contributed by atoms with Gasteiger partial charge in [0.25, 0.3) is 11.8 Å². The number of carbonyl (C=O) groups excluding carboxylic acids is 2. The first-order valence-corrected chi connectivity index (χ1v) is 11.6. The Balaban J connectivity index is 1.45. The van der Waals surface area contributed by atoms with Crippen molar-refractivity contribution in [2.75, 3.05) is 19.8 Å². The highest BCUT2D eigenvalue weighted by atomic mass is 35.5. The fraction of sp³-hybridized carbons (Fsp3) is 0.478. The Kier molecular flexibility index (Phi) is 5.78. The molecule has 0 bridgehead atoms. The number of fused-ring (bicyclic) bond motifs is 2. The Morgan fingerprint density at radius 2 is 2.12 bits per heavy atom. The second-order valence-corrected chi connectivity index (χ2v) is 9.40. The van der Waals surface area contributed by atoms with E-state index in [1.54, 1.807) is 9.80 Å². The average molecular weight is 496 g/mol. The molecule has 2 amide bonds. The fourth-order valence-corrected chi connectivity index (χ4v) is 5.70. The number of halogens is 3. The number of piperidine rings is 1. The van der Waals surface area contributed by atoms with E-state index < -0.39 is 45.9 Å². The number of aliphatic hydroxyl groups is 2. The van der Waals surface area contributed by atoms with Crippen LogP contribution in [0.1, 0.15) is 31.2 Å². The number of rotatable bonds is 3. The van der Waals surface area contributed by atoms with E-state index in [0.717, 1.165) is 31.4 Å². The molecule has 11 heteroatoms. The summed E-state index contributed by atoms with van der Waals surface area (Å²) in [4.78, 5) is 29.6. The van der Waals surface area contributed by atoms with Crippen LogP contribution < -0.4 is 5.32 Å². The third-order valence-corrected chi connectivity index (χ3v) is 7.57. The molecule has 0 aromatic heterocycles. The third-order valence-electron chi connectivity index (χ3n) is 7.22. The van der Waals surface area contributed by atoms with E-state index >= 15 is 0 Å². The van der Waals surface area contributed by atoms with Crippen molar-refractivity contribution in [2.45, 2.75) is 49.9 Å². The van der Waals surface area contributed by atoms with Crippen molar-refractivity contribution < 1.29 is 33.3 Å². The molecule has 8 nitrogen and oxygen atoms in total. The van der Waals surface area contributed by atoms with Gasteiger partial charge in [0.1, 0.15) is 28.5 Å². The van der Waals surface area contributed by atoms with Gasteiger partial charge in [-0.05, 0) is 31.7 Å². The molecule has 0 aliphatic carbocycles. The van der Waals surface area contributed by atoms with Gasteiger partial charge in [-0.1, -0.05) is 17.7 Å². The van der Waals surface area contributed by atoms with Gasteiger partial charge >= 0.3 is 0 Å². The van der Waals surface area contributed by atoms with E-state index in [-0.39, 0.29) is 29.4 Å². The lowest BCUT2D eigenvalue weighted by atomic mass is 9.74. The molecular weight excluding hydrogens is 472 g/mol. The van der Waals surface area contributed by atoms with Crippen molar-refractivity contribution in [2.24, 2.45) is 0 Å². The van der Waals surface area contributed by atoms with Crippen LogP contribution in [0.2, 0.25) is 5.02 Å². The van der Waals surface area contributed by atoms with Crippen LogP contribution in [0.15, 0.2) is 35.4 Å². The SMILES string of the molecule is O=C(NCc1ccc(F)c(Cl)c1F)C1=CN2C(=C(O)C1O)C(=O)N1CCCC[C@]13COCC[C@H]23. The summed E-state index contributed by atoms with van der Waals surface area (Å²) >= 11 is 5.59. The number of nitrogens with one attached hydrogen (secondary N) is 1. The summed E-state index contributed by atoms with van der Waals surface area (Å²) in [6.07, 6.45) is 2.73. The number of hydrogen-bond acceptors (Lipinski definition) is 6. The highest BCUT2D eigenvalue weighted by Crippen LogP contribution is 2.46. The highest BCUT2D eigenvalue weighted by Gasteiger charge is 2.58. The van der Waals surface area contributed by atoms with Crippen molar-refractivity contribution in [3.8, 4) is 0 Å². The summed E-state index contributed by atoms with van der Waals surface area (Å²) in [5.74, 6) is -3.68. The largest absolute Gasteiger partial charge is 0.507 e. The zero-order valence-corrected chi connectivity index (χ0v) is 18.9. The van der Waals surface area contributed by atoms with Gasteiger partial charge in [0.2, 0.25) is 0 Å². The van der Waals surface area contributed by atoms with Crippen molar-refractivity contribution in [1.82, 2.24) is 15.1 Å². The predicted molar refractivity (Wildman–Crippen MR) is 116 cm³/mol. The molecule has 182 valence electrons. The van der Waals surface area contributed by atoms with Crippen LogP contribution in [0.25, 0.3) is 0 Å². The van der Waals surface area contributed by atoms with Gasteiger partial charge in [-0.15, -0.1) is 0 Å². The quantitative estimate of drug-likeness (QED) is 0.555. The molecule has 34 heavy (non-hydrogen) atoms. The van der Waals surface area contributed by atoms with E-state index in [0.29, 0.717) is 26.2 Å². The highest BCUT2D eigenvalue weighted by molar-refractivity contribution is 6.30. The maximum absolute atomic E-state index is 14.2. The predicted octanol–water partition coefficient (Wildman–Crippen LogP) is 2.12. The number of nitrogens with zero attached hydrogens (tertiary/aromatic N) is 2. The van der Waals surface area contributed by atoms with Crippen LogP contribution >= 0.6 is 11.6 Å². The van der Waals surface area contributed by atoms with Crippen molar-refractivity contribution in [3.05, 3.63) is 57.6 Å². The van der Waals surface area contributed by atoms with Gasteiger partial charge in [-0.3, -0.25) is 9.59 Å². The monoisotopic (exact) mass is 495 g/mol. The Hall–Kier alpha value is -2.69. The minimum Gasteiger partial charge on any atom is -0.507 e. The van der Waals surface area contributed by atoms with Gasteiger partial charge in [-0.25, -0.2) is 8.78 Å². The van der Waals surface area contributed by atoms with Crippen molar-refractivity contribution in [1.29, 1.82) is 0 Å². The average Bonchev–Trinajstić information content (AvgIpc) is 2.83. The van der Waals surface area contributed by atoms with Gasteiger partial charge < -0.3 is 30.1 Å². The molecule has 0 saturated carbocycles. The van der Waals surface area contributed by atoms with E-state index in [4.69, 9.17) is 16.3 Å². The lowest BCUT2D eigenvalue weighted by Crippen LogP contribution is -2.73. The molecular formula is C23H24ClF2N3O5. The van der Waals surface area contributed by atoms with Crippen LogP contribution in [-0.4, -0.2) is 69.3 Å². The summed E-state index contributed by atoms with van der Waals surface area (Å²) in [6.45, 7) is 1.03. The number of benzene rings is 1. The molecule has 3 N–H and O–H groups in total. The lowest BCUT2D eigenvalue weighted by Gasteiger charge is -2.60.